The molecule has 0 aliphatic heterocycles. The van der Waals surface area contributed by atoms with Gasteiger partial charge in [0.05, 0.1) is 11.3 Å². The first kappa shape index (κ1) is 14.9. The Balaban J connectivity index is 2.17. The Labute approximate surface area is 129 Å². The van der Waals surface area contributed by atoms with Crippen LogP contribution in [0.5, 0.6) is 0 Å². The summed E-state index contributed by atoms with van der Waals surface area (Å²) in [4.78, 5) is 26.9. The highest BCUT2D eigenvalue weighted by Gasteiger charge is 2.14. The number of carbonyl (C=O) groups excluding carboxylic acids is 1. The lowest BCUT2D eigenvalue weighted by molar-refractivity contribution is -0.111. The van der Waals surface area contributed by atoms with Gasteiger partial charge in [-0.05, 0) is 45.8 Å². The molecular weight excluding hydrogens is 336 g/mol. The van der Waals surface area contributed by atoms with Crippen molar-refractivity contribution < 1.29 is 14.7 Å². The highest BCUT2D eigenvalue weighted by molar-refractivity contribution is 9.10. The van der Waals surface area contributed by atoms with Crippen molar-refractivity contribution in [3.8, 4) is 0 Å². The molecule has 0 radical (unpaired) electrons. The van der Waals surface area contributed by atoms with E-state index in [1.807, 2.05) is 0 Å². The molecular formula is C15H11BrN2O3. The predicted molar refractivity (Wildman–Crippen MR) is 83.0 cm³/mol. The molecule has 2 aromatic rings. The van der Waals surface area contributed by atoms with Gasteiger partial charge >= 0.3 is 5.97 Å². The van der Waals surface area contributed by atoms with Crippen molar-refractivity contribution in [3.63, 3.8) is 0 Å². The van der Waals surface area contributed by atoms with E-state index < -0.39 is 11.9 Å². The molecule has 1 heterocycles. The second-order valence-corrected chi connectivity index (χ2v) is 4.93. The summed E-state index contributed by atoms with van der Waals surface area (Å²) in [7, 11) is 0. The van der Waals surface area contributed by atoms with Crippen LogP contribution in [0.15, 0.2) is 53.3 Å². The van der Waals surface area contributed by atoms with Gasteiger partial charge in [0, 0.05) is 22.9 Å². The third kappa shape index (κ3) is 4.00. The van der Waals surface area contributed by atoms with E-state index in [4.69, 9.17) is 5.11 Å². The number of benzene rings is 1. The van der Waals surface area contributed by atoms with Crippen LogP contribution < -0.4 is 5.32 Å². The molecule has 0 unspecified atom stereocenters. The molecule has 106 valence electrons. The first-order valence-corrected chi connectivity index (χ1v) is 6.78. The Morgan fingerprint density at radius 3 is 2.71 bits per heavy atom. The number of carboxylic acids is 1. The first-order chi connectivity index (χ1) is 10.1. The normalized spacial score (nSPS) is 10.5. The molecule has 2 N–H and O–H groups in total. The van der Waals surface area contributed by atoms with Crippen LogP contribution in [0.1, 0.15) is 15.9 Å². The number of nitrogens with zero attached hydrogens (tertiary/aromatic N) is 1. The maximum Gasteiger partial charge on any atom is 0.337 e. The number of rotatable bonds is 4. The van der Waals surface area contributed by atoms with E-state index in [1.54, 1.807) is 42.7 Å². The van der Waals surface area contributed by atoms with Crippen LogP contribution in [0.3, 0.4) is 0 Å². The fraction of sp³-hybridized carbons (Fsp3) is 0. The van der Waals surface area contributed by atoms with Gasteiger partial charge < -0.3 is 10.4 Å². The van der Waals surface area contributed by atoms with Gasteiger partial charge in [0.15, 0.2) is 0 Å². The summed E-state index contributed by atoms with van der Waals surface area (Å²) in [6, 6.07) is 8.24. The van der Waals surface area contributed by atoms with Gasteiger partial charge in [-0.1, -0.05) is 12.1 Å². The maximum atomic E-state index is 11.9. The molecule has 0 aliphatic rings. The molecule has 0 saturated carbocycles. The number of carboxylic acid groups (broad SMARTS) is 1. The Kier molecular flexibility index (Phi) is 4.84. The molecule has 6 heteroatoms. The van der Waals surface area contributed by atoms with Gasteiger partial charge in [-0.2, -0.15) is 0 Å². The fourth-order valence-corrected chi connectivity index (χ4v) is 2.11. The minimum atomic E-state index is -1.11. The Bertz CT molecular complexity index is 699. The largest absolute Gasteiger partial charge is 0.478 e. The van der Waals surface area contributed by atoms with E-state index in [-0.39, 0.29) is 11.3 Å². The van der Waals surface area contributed by atoms with E-state index in [0.29, 0.717) is 4.47 Å². The lowest BCUT2D eigenvalue weighted by Gasteiger charge is -2.08. The van der Waals surface area contributed by atoms with Crippen LogP contribution in [0.4, 0.5) is 5.69 Å². The van der Waals surface area contributed by atoms with Gasteiger partial charge in [0.1, 0.15) is 0 Å². The topological polar surface area (TPSA) is 79.3 Å². The summed E-state index contributed by atoms with van der Waals surface area (Å²) in [5.74, 6) is -1.53. The summed E-state index contributed by atoms with van der Waals surface area (Å²) in [5, 5.41) is 11.7. The third-order valence-electron chi connectivity index (χ3n) is 2.60. The number of anilines is 1. The molecule has 0 atom stereocenters. The maximum absolute atomic E-state index is 11.9. The fourth-order valence-electron chi connectivity index (χ4n) is 1.64. The second-order valence-electron chi connectivity index (χ2n) is 4.08. The predicted octanol–water partition coefficient (Wildman–Crippen LogP) is 3.19. The molecule has 0 spiro atoms. The number of halogens is 1. The first-order valence-electron chi connectivity index (χ1n) is 5.99. The van der Waals surface area contributed by atoms with E-state index in [1.165, 1.54) is 12.1 Å². The molecule has 2 rings (SSSR count). The van der Waals surface area contributed by atoms with Crippen molar-refractivity contribution in [1.29, 1.82) is 0 Å². The van der Waals surface area contributed by atoms with Gasteiger partial charge in [0.25, 0.3) is 0 Å². The number of para-hydroxylation sites is 1. The summed E-state index contributed by atoms with van der Waals surface area (Å²) in [6.07, 6.45) is 6.17. The lowest BCUT2D eigenvalue weighted by atomic mass is 10.2. The molecule has 1 aromatic heterocycles. The van der Waals surface area contributed by atoms with Crippen molar-refractivity contribution >= 4 is 39.6 Å². The van der Waals surface area contributed by atoms with Crippen LogP contribution in [0, 0.1) is 0 Å². The molecule has 0 aliphatic carbocycles. The van der Waals surface area contributed by atoms with Crippen molar-refractivity contribution in [1.82, 2.24) is 4.98 Å². The minimum absolute atomic E-state index is 0.0208. The molecule has 0 saturated heterocycles. The van der Waals surface area contributed by atoms with Crippen molar-refractivity contribution in [2.75, 3.05) is 5.32 Å². The van der Waals surface area contributed by atoms with Crippen LogP contribution in [0.25, 0.3) is 6.08 Å². The second kappa shape index (κ2) is 6.81. The van der Waals surface area contributed by atoms with E-state index >= 15 is 0 Å². The Morgan fingerprint density at radius 2 is 2.05 bits per heavy atom. The summed E-state index contributed by atoms with van der Waals surface area (Å²) < 4.78 is 0.505. The molecule has 1 aromatic carbocycles. The lowest BCUT2D eigenvalue weighted by Crippen LogP contribution is -2.12. The minimum Gasteiger partial charge on any atom is -0.478 e. The zero-order valence-electron chi connectivity index (χ0n) is 10.8. The van der Waals surface area contributed by atoms with Crippen LogP contribution in [0.2, 0.25) is 0 Å². The Hall–Kier alpha value is -2.47. The molecule has 5 nitrogen and oxygen atoms in total. The van der Waals surface area contributed by atoms with E-state index in [0.717, 1.165) is 5.56 Å². The number of amides is 1. The van der Waals surface area contributed by atoms with Crippen molar-refractivity contribution in [3.05, 3.63) is 64.4 Å². The molecule has 21 heavy (non-hydrogen) atoms. The van der Waals surface area contributed by atoms with Gasteiger partial charge in [-0.25, -0.2) is 4.79 Å². The van der Waals surface area contributed by atoms with Crippen LogP contribution in [-0.4, -0.2) is 22.0 Å². The third-order valence-corrected chi connectivity index (χ3v) is 3.26. The average molecular weight is 347 g/mol. The smallest absolute Gasteiger partial charge is 0.337 e. The highest BCUT2D eigenvalue weighted by Crippen LogP contribution is 2.26. The number of hydrogen-bond acceptors (Lipinski definition) is 3. The highest BCUT2D eigenvalue weighted by atomic mass is 79.9. The van der Waals surface area contributed by atoms with Gasteiger partial charge in [-0.3, -0.25) is 9.78 Å². The quantitative estimate of drug-likeness (QED) is 0.833. The number of aromatic nitrogens is 1. The number of nitrogens with one attached hydrogen (secondary N) is 1. The van der Waals surface area contributed by atoms with Crippen LogP contribution in [-0.2, 0) is 4.79 Å². The number of carbonyl (C=O) groups is 2. The van der Waals surface area contributed by atoms with E-state index in [2.05, 4.69) is 26.2 Å². The van der Waals surface area contributed by atoms with Gasteiger partial charge in [-0.15, -0.1) is 0 Å². The molecule has 0 fully saturated rings. The molecule has 1 amide bonds. The summed E-state index contributed by atoms with van der Waals surface area (Å²) in [6.45, 7) is 0. The zero-order valence-corrected chi connectivity index (χ0v) is 12.4. The van der Waals surface area contributed by atoms with E-state index in [9.17, 15) is 9.59 Å². The SMILES string of the molecule is O=C(C=Cc1cccnc1)Nc1c(Br)cccc1C(=O)O. The summed E-state index contributed by atoms with van der Waals surface area (Å²) in [5.41, 5.74) is 1.02. The van der Waals surface area contributed by atoms with Gasteiger partial charge in [0.2, 0.25) is 5.91 Å². The number of pyridine rings is 1. The van der Waals surface area contributed by atoms with Crippen LogP contribution >= 0.6 is 15.9 Å². The monoisotopic (exact) mass is 346 g/mol. The molecule has 0 bridgehead atoms. The van der Waals surface area contributed by atoms with Crippen molar-refractivity contribution in [2.24, 2.45) is 0 Å². The van der Waals surface area contributed by atoms with Crippen molar-refractivity contribution in [2.45, 2.75) is 0 Å². The summed E-state index contributed by atoms with van der Waals surface area (Å²) >= 11 is 3.23. The number of aromatic carboxylic acids is 1. The Morgan fingerprint density at radius 1 is 1.24 bits per heavy atom. The number of hydrogen-bond donors (Lipinski definition) is 2. The standard InChI is InChI=1S/C15H11BrN2O3/c16-12-5-1-4-11(15(20)21)14(12)18-13(19)7-6-10-3-2-8-17-9-10/h1-9H,(H,18,19)(H,20,21). The average Bonchev–Trinajstić information content (AvgIpc) is 2.48. The zero-order chi connectivity index (χ0) is 15.2.